The van der Waals surface area contributed by atoms with E-state index in [-0.39, 0.29) is 12.4 Å². The van der Waals surface area contributed by atoms with Gasteiger partial charge in [0.25, 0.3) is 0 Å². The summed E-state index contributed by atoms with van der Waals surface area (Å²) in [6.45, 7) is -1.65. The van der Waals surface area contributed by atoms with Gasteiger partial charge in [-0.1, -0.05) is 0 Å². The van der Waals surface area contributed by atoms with Crippen LogP contribution in [-0.4, -0.2) is 8.42 Å². The van der Waals surface area contributed by atoms with Gasteiger partial charge in [-0.05, 0) is 0 Å². The topological polar surface area (TPSA) is 34.1 Å². The van der Waals surface area contributed by atoms with Gasteiger partial charge in [-0.15, -0.1) is 12.4 Å². The van der Waals surface area contributed by atoms with Crippen molar-refractivity contribution in [3.63, 3.8) is 0 Å². The average Bonchev–Trinajstić information content (AvgIpc) is 1.38. The third-order valence-electron chi connectivity index (χ3n) is 0.167. The second kappa shape index (κ2) is 5.99. The molecule has 0 heterocycles. The molecule has 0 rings (SSSR count). The molecule has 0 aliphatic rings. The van der Waals surface area contributed by atoms with Crippen molar-refractivity contribution in [3.05, 3.63) is 0 Å². The number of hydrogen-bond acceptors (Lipinski definition) is 2. The molecule has 0 radical (unpaired) electrons. The molecule has 0 aliphatic heterocycles. The summed E-state index contributed by atoms with van der Waals surface area (Å²) in [5.74, 6) is 0. The van der Waals surface area contributed by atoms with Gasteiger partial charge in [0.05, 0.1) is 0 Å². The predicted octanol–water partition coefficient (Wildman–Crippen LogP) is 0.333. The fraction of sp³-hybridized carbons (Fsp3) is 1.00. The standard InChI is InChI=1S/CH3.ClH.O2S.Zr/c;;1-3-2;/h1H3;1H;;. The third-order valence-corrected chi connectivity index (χ3v) is 2.96. The van der Waals surface area contributed by atoms with Crippen LogP contribution in [0.15, 0.2) is 0 Å². The first-order valence-electron chi connectivity index (χ1n) is 1.04. The van der Waals surface area contributed by atoms with Gasteiger partial charge in [0.1, 0.15) is 0 Å². The zero-order valence-electron chi connectivity index (χ0n) is 3.13. The number of hydrogen-bond donors (Lipinski definition) is 0. The molecule has 0 amide bonds. The molecule has 6 heavy (non-hydrogen) atoms. The number of rotatable bonds is 0. The molecule has 0 aliphatic carbocycles. The van der Waals surface area contributed by atoms with Crippen molar-refractivity contribution >= 4 is 19.3 Å². The molecule has 0 fully saturated rings. The van der Waals surface area contributed by atoms with E-state index in [0.717, 1.165) is 0 Å². The van der Waals surface area contributed by atoms with Gasteiger partial charge in [-0.2, -0.15) is 0 Å². The van der Waals surface area contributed by atoms with E-state index in [1.54, 1.807) is 4.63 Å². The van der Waals surface area contributed by atoms with Gasteiger partial charge in [0.2, 0.25) is 0 Å². The van der Waals surface area contributed by atoms with E-state index in [4.69, 9.17) is 0 Å². The van der Waals surface area contributed by atoms with E-state index >= 15 is 0 Å². The Morgan fingerprint density at radius 1 is 1.50 bits per heavy atom. The Labute approximate surface area is 53.4 Å². The van der Waals surface area contributed by atoms with E-state index in [0.29, 0.717) is 0 Å². The predicted molar refractivity (Wildman–Crippen MR) is 22.0 cm³/mol. The minimum atomic E-state index is -1.65. The molecule has 0 aromatic heterocycles. The van der Waals surface area contributed by atoms with Gasteiger partial charge in [-0.25, -0.2) is 0 Å². The molecular weight excluding hydrogens is 203 g/mol. The van der Waals surface area contributed by atoms with Crippen LogP contribution in [0.2, 0.25) is 4.63 Å². The maximum absolute atomic E-state index is 9.44. The van der Waals surface area contributed by atoms with E-state index in [2.05, 4.69) is 0 Å². The Hall–Kier alpha value is 0.993. The summed E-state index contributed by atoms with van der Waals surface area (Å²) in [6, 6.07) is 0. The Bertz CT molecular complexity index is 116. The summed E-state index contributed by atoms with van der Waals surface area (Å²) in [7, 11) is 0. The summed E-state index contributed by atoms with van der Waals surface area (Å²) < 4.78 is 20.6. The van der Waals surface area contributed by atoms with Crippen molar-refractivity contribution in [2.45, 2.75) is 4.63 Å². The second-order valence-electron chi connectivity index (χ2n) is 0.439. The molecule has 0 saturated carbocycles. The normalized spacial score (nSPS) is 4.83. The molecule has 0 aromatic carbocycles. The van der Waals surface area contributed by atoms with E-state index in [9.17, 15) is 8.42 Å². The van der Waals surface area contributed by atoms with E-state index in [1.807, 2.05) is 0 Å². The Kier molecular flexibility index (Phi) is 10.1. The maximum atomic E-state index is 9.44. The fourth-order valence-corrected chi connectivity index (χ4v) is 0. The molecule has 0 N–H and O–H groups in total. The molecule has 0 unspecified atom stereocenters. The van der Waals surface area contributed by atoms with Crippen molar-refractivity contribution < 1.29 is 29.6 Å². The van der Waals surface area contributed by atoms with Gasteiger partial charge >= 0.3 is 41.2 Å². The molecule has 37 valence electrons. The molecule has 0 atom stereocenters. The molecule has 0 saturated heterocycles. The third kappa shape index (κ3) is 8.89. The quantitative estimate of drug-likeness (QED) is 0.573. The van der Waals surface area contributed by atoms with Crippen molar-refractivity contribution in [2.24, 2.45) is 0 Å². The minimum absolute atomic E-state index is 0. The first kappa shape index (κ1) is 10.1. The monoisotopic (exact) mass is 205 g/mol. The van der Waals surface area contributed by atoms with Crippen molar-refractivity contribution in [1.82, 2.24) is 0 Å². The number of halogens is 1. The molecule has 0 bridgehead atoms. The summed E-state index contributed by atoms with van der Waals surface area (Å²) >= 11 is -0.949. The molecule has 2 nitrogen and oxygen atoms in total. The van der Waals surface area contributed by atoms with Gasteiger partial charge in [0.15, 0.2) is 0 Å². The van der Waals surface area contributed by atoms with Crippen LogP contribution >= 0.6 is 12.4 Å². The zero-order valence-corrected chi connectivity index (χ0v) is 7.22. The SMILES string of the molecule is Cl.[CH3][Zr]=[S](=O)=O. The first-order chi connectivity index (χ1) is 2.27. The average molecular weight is 207 g/mol. The Balaban J connectivity index is 0. The van der Waals surface area contributed by atoms with Crippen LogP contribution in [-0.2, 0) is 28.1 Å². The Morgan fingerprint density at radius 3 is 1.67 bits per heavy atom. The Morgan fingerprint density at radius 2 is 1.67 bits per heavy atom. The van der Waals surface area contributed by atoms with Crippen molar-refractivity contribution in [2.75, 3.05) is 0 Å². The van der Waals surface area contributed by atoms with Crippen molar-refractivity contribution in [1.29, 1.82) is 0 Å². The van der Waals surface area contributed by atoms with Crippen LogP contribution in [0.5, 0.6) is 0 Å². The van der Waals surface area contributed by atoms with Crippen LogP contribution in [0.1, 0.15) is 0 Å². The summed E-state index contributed by atoms with van der Waals surface area (Å²) in [5, 5.41) is 0. The van der Waals surface area contributed by atoms with Gasteiger partial charge in [-0.3, -0.25) is 0 Å². The fourth-order valence-electron chi connectivity index (χ4n) is 0. The van der Waals surface area contributed by atoms with Crippen LogP contribution in [0.3, 0.4) is 0 Å². The summed E-state index contributed by atoms with van der Waals surface area (Å²) in [5.41, 5.74) is 0. The van der Waals surface area contributed by atoms with Gasteiger partial charge < -0.3 is 0 Å². The first-order valence-corrected chi connectivity index (χ1v) is 7.58. The molecule has 5 heteroatoms. The van der Waals surface area contributed by atoms with Crippen LogP contribution in [0.4, 0.5) is 0 Å². The zero-order chi connectivity index (χ0) is 4.28. The van der Waals surface area contributed by atoms with Crippen LogP contribution in [0, 0.1) is 0 Å². The van der Waals surface area contributed by atoms with E-state index in [1.165, 1.54) is 0 Å². The van der Waals surface area contributed by atoms with Crippen LogP contribution in [0.25, 0.3) is 0 Å². The van der Waals surface area contributed by atoms with Crippen molar-refractivity contribution in [3.8, 4) is 0 Å². The van der Waals surface area contributed by atoms with Gasteiger partial charge in [0, 0.05) is 0 Å². The van der Waals surface area contributed by atoms with E-state index < -0.39 is 28.1 Å². The summed E-state index contributed by atoms with van der Waals surface area (Å²) in [4.78, 5) is 0. The molecular formula is CH4ClO2SZr. The van der Waals surface area contributed by atoms with Crippen LogP contribution < -0.4 is 0 Å². The molecule has 0 spiro atoms. The summed E-state index contributed by atoms with van der Waals surface area (Å²) in [6.07, 6.45) is 0. The second-order valence-corrected chi connectivity index (χ2v) is 6.79. The molecule has 0 aromatic rings.